The molecule has 0 heterocycles. The molecular weight excluding hydrogens is 384 g/mol. The zero-order valence-corrected chi connectivity index (χ0v) is 17.2. The fraction of sp³-hybridized carbons (Fsp3) is 0.350. The van der Waals surface area contributed by atoms with Crippen LogP contribution in [0.3, 0.4) is 0 Å². The summed E-state index contributed by atoms with van der Waals surface area (Å²) in [5, 5.41) is 3.30. The van der Waals surface area contributed by atoms with Crippen LogP contribution in [0.15, 0.2) is 59.5 Å². The van der Waals surface area contributed by atoms with E-state index in [9.17, 15) is 13.2 Å². The number of sulfonamides is 1. The van der Waals surface area contributed by atoms with Crippen LogP contribution in [0.1, 0.15) is 32.3 Å². The Hall–Kier alpha value is -1.89. The Morgan fingerprint density at radius 1 is 1.00 bits per heavy atom. The molecular formula is C20H25ClN2O3S. The molecule has 0 aliphatic carbocycles. The average molecular weight is 409 g/mol. The van der Waals surface area contributed by atoms with Crippen LogP contribution in [0.5, 0.6) is 0 Å². The third kappa shape index (κ3) is 6.06. The number of rotatable bonds is 8. The largest absolute Gasteiger partial charge is 0.354 e. The first kappa shape index (κ1) is 21.4. The molecule has 0 bridgehead atoms. The van der Waals surface area contributed by atoms with Gasteiger partial charge in [0.25, 0.3) is 0 Å². The zero-order valence-electron chi connectivity index (χ0n) is 15.6. The van der Waals surface area contributed by atoms with E-state index in [1.165, 1.54) is 31.2 Å². The molecule has 1 amide bonds. The molecule has 2 aromatic rings. The molecule has 27 heavy (non-hydrogen) atoms. The van der Waals surface area contributed by atoms with Gasteiger partial charge in [0.15, 0.2) is 0 Å². The highest BCUT2D eigenvalue weighted by molar-refractivity contribution is 7.89. The Bertz CT molecular complexity index is 853. The van der Waals surface area contributed by atoms with Gasteiger partial charge in [-0.2, -0.15) is 4.72 Å². The van der Waals surface area contributed by atoms with Crippen molar-refractivity contribution in [3.05, 3.63) is 65.2 Å². The Kier molecular flexibility index (Phi) is 7.41. The Morgan fingerprint density at radius 2 is 1.59 bits per heavy atom. The summed E-state index contributed by atoms with van der Waals surface area (Å²) in [4.78, 5) is 12.5. The zero-order chi connectivity index (χ0) is 20.0. The average Bonchev–Trinajstić information content (AvgIpc) is 2.62. The monoisotopic (exact) mass is 408 g/mol. The highest BCUT2D eigenvalue weighted by atomic mass is 35.5. The van der Waals surface area contributed by atoms with Gasteiger partial charge in [-0.15, -0.1) is 0 Å². The van der Waals surface area contributed by atoms with Gasteiger partial charge in [-0.05, 0) is 42.7 Å². The number of hydrogen-bond acceptors (Lipinski definition) is 3. The molecule has 0 aliphatic heterocycles. The molecule has 7 heteroatoms. The molecule has 0 saturated carbocycles. The number of hydrogen-bond donors (Lipinski definition) is 2. The molecule has 2 rings (SSSR count). The number of carbonyl (C=O) groups excluding carboxylic acids is 1. The smallest absolute Gasteiger partial charge is 0.241 e. The van der Waals surface area contributed by atoms with Crippen molar-refractivity contribution in [2.24, 2.45) is 5.92 Å². The quantitative estimate of drug-likeness (QED) is 0.701. The van der Waals surface area contributed by atoms with Gasteiger partial charge < -0.3 is 5.32 Å². The molecule has 0 aromatic heterocycles. The topological polar surface area (TPSA) is 75.3 Å². The predicted octanol–water partition coefficient (Wildman–Crippen LogP) is 3.56. The molecule has 0 radical (unpaired) electrons. The highest BCUT2D eigenvalue weighted by Gasteiger charge is 2.23. The van der Waals surface area contributed by atoms with Gasteiger partial charge in [-0.25, -0.2) is 8.42 Å². The van der Waals surface area contributed by atoms with E-state index in [1.807, 2.05) is 30.3 Å². The maximum absolute atomic E-state index is 12.4. The molecule has 146 valence electrons. The summed E-state index contributed by atoms with van der Waals surface area (Å²) in [5.74, 6) is 0.109. The van der Waals surface area contributed by atoms with E-state index in [2.05, 4.69) is 23.9 Å². The van der Waals surface area contributed by atoms with Crippen LogP contribution in [0.2, 0.25) is 5.02 Å². The Labute approximate surface area is 166 Å². The van der Waals surface area contributed by atoms with Gasteiger partial charge >= 0.3 is 0 Å². The van der Waals surface area contributed by atoms with Crippen LogP contribution >= 0.6 is 11.6 Å². The van der Waals surface area contributed by atoms with Crippen LogP contribution in [-0.2, 0) is 14.8 Å². The summed E-state index contributed by atoms with van der Waals surface area (Å²) in [5.41, 5.74) is 1.14. The van der Waals surface area contributed by atoms with Crippen LogP contribution < -0.4 is 10.0 Å². The van der Waals surface area contributed by atoms with E-state index in [1.54, 1.807) is 0 Å². The van der Waals surface area contributed by atoms with E-state index in [0.29, 0.717) is 17.5 Å². The van der Waals surface area contributed by atoms with Gasteiger partial charge in [0, 0.05) is 17.5 Å². The maximum Gasteiger partial charge on any atom is 0.241 e. The van der Waals surface area contributed by atoms with Crippen molar-refractivity contribution in [2.45, 2.75) is 37.6 Å². The summed E-state index contributed by atoms with van der Waals surface area (Å²) < 4.78 is 27.2. The second-order valence-electron chi connectivity index (χ2n) is 6.80. The SMILES string of the molecule is CC(C)C(CNC(=O)[C@H](C)NS(=O)(=O)c1ccc(Cl)cc1)c1ccccc1. The van der Waals surface area contributed by atoms with Gasteiger partial charge in [0.05, 0.1) is 10.9 Å². The van der Waals surface area contributed by atoms with Crippen molar-refractivity contribution in [3.8, 4) is 0 Å². The molecule has 0 fully saturated rings. The molecule has 2 atom stereocenters. The molecule has 0 saturated heterocycles. The molecule has 2 aromatic carbocycles. The number of benzene rings is 2. The minimum atomic E-state index is -3.80. The number of amides is 1. The van der Waals surface area contributed by atoms with Gasteiger partial charge in [-0.1, -0.05) is 55.8 Å². The van der Waals surface area contributed by atoms with Crippen LogP contribution in [0.25, 0.3) is 0 Å². The van der Waals surface area contributed by atoms with E-state index in [0.717, 1.165) is 5.56 Å². The van der Waals surface area contributed by atoms with Crippen molar-refractivity contribution >= 4 is 27.5 Å². The lowest BCUT2D eigenvalue weighted by Crippen LogP contribution is -2.46. The van der Waals surface area contributed by atoms with E-state index in [4.69, 9.17) is 11.6 Å². The van der Waals surface area contributed by atoms with E-state index < -0.39 is 16.1 Å². The van der Waals surface area contributed by atoms with Gasteiger partial charge in [0.2, 0.25) is 15.9 Å². The van der Waals surface area contributed by atoms with Crippen molar-refractivity contribution in [3.63, 3.8) is 0 Å². The van der Waals surface area contributed by atoms with Gasteiger partial charge in [0.1, 0.15) is 0 Å². The standard InChI is InChI=1S/C20H25ClN2O3S/c1-14(2)19(16-7-5-4-6-8-16)13-22-20(24)15(3)23-27(25,26)18-11-9-17(21)10-12-18/h4-12,14-15,19,23H,13H2,1-3H3,(H,22,24)/t15-,19?/m0/s1. The summed E-state index contributed by atoms with van der Waals surface area (Å²) in [6, 6.07) is 14.8. The lowest BCUT2D eigenvalue weighted by Gasteiger charge is -2.23. The first-order chi connectivity index (χ1) is 12.7. The summed E-state index contributed by atoms with van der Waals surface area (Å²) in [6.07, 6.45) is 0. The van der Waals surface area contributed by atoms with E-state index in [-0.39, 0.29) is 16.7 Å². The number of nitrogens with one attached hydrogen (secondary N) is 2. The third-order valence-corrected chi connectivity index (χ3v) is 6.19. The van der Waals surface area contributed by atoms with Crippen molar-refractivity contribution < 1.29 is 13.2 Å². The van der Waals surface area contributed by atoms with Crippen LogP contribution in [-0.4, -0.2) is 26.9 Å². The Morgan fingerprint density at radius 3 is 2.15 bits per heavy atom. The van der Waals surface area contributed by atoms with Crippen LogP contribution in [0.4, 0.5) is 0 Å². The normalized spacial score (nSPS) is 14.0. The molecule has 0 aliphatic rings. The van der Waals surface area contributed by atoms with Crippen molar-refractivity contribution in [1.29, 1.82) is 0 Å². The summed E-state index contributed by atoms with van der Waals surface area (Å²) in [6.45, 7) is 6.15. The number of halogens is 1. The number of carbonyl (C=O) groups is 1. The highest BCUT2D eigenvalue weighted by Crippen LogP contribution is 2.23. The lowest BCUT2D eigenvalue weighted by molar-refractivity contribution is -0.122. The van der Waals surface area contributed by atoms with E-state index >= 15 is 0 Å². The first-order valence-corrected chi connectivity index (χ1v) is 10.7. The van der Waals surface area contributed by atoms with Crippen molar-refractivity contribution in [1.82, 2.24) is 10.0 Å². The second kappa shape index (κ2) is 9.35. The summed E-state index contributed by atoms with van der Waals surface area (Å²) >= 11 is 5.79. The van der Waals surface area contributed by atoms with Crippen LogP contribution in [0, 0.1) is 5.92 Å². The first-order valence-electron chi connectivity index (χ1n) is 8.81. The predicted molar refractivity (Wildman–Crippen MR) is 108 cm³/mol. The minimum absolute atomic E-state index is 0.0656. The molecule has 5 nitrogen and oxygen atoms in total. The molecule has 2 N–H and O–H groups in total. The fourth-order valence-electron chi connectivity index (χ4n) is 2.77. The molecule has 1 unspecified atom stereocenters. The fourth-order valence-corrected chi connectivity index (χ4v) is 4.10. The Balaban J connectivity index is 1.99. The second-order valence-corrected chi connectivity index (χ2v) is 8.95. The van der Waals surface area contributed by atoms with Crippen molar-refractivity contribution in [2.75, 3.05) is 6.54 Å². The van der Waals surface area contributed by atoms with Gasteiger partial charge in [-0.3, -0.25) is 4.79 Å². The summed E-state index contributed by atoms with van der Waals surface area (Å²) in [7, 11) is -3.80. The third-order valence-electron chi connectivity index (χ3n) is 4.38. The maximum atomic E-state index is 12.4. The molecule has 0 spiro atoms. The lowest BCUT2D eigenvalue weighted by atomic mass is 9.88. The minimum Gasteiger partial charge on any atom is -0.354 e.